The molecule has 0 aromatic heterocycles. The van der Waals surface area contributed by atoms with Crippen LogP contribution >= 0.6 is 0 Å². The monoisotopic (exact) mass is 380 g/mol. The summed E-state index contributed by atoms with van der Waals surface area (Å²) in [4.78, 5) is 0. The molecule has 27 heavy (non-hydrogen) atoms. The fraction of sp³-hybridized carbons (Fsp3) is 0.909. The van der Waals surface area contributed by atoms with E-state index in [1.165, 1.54) is 5.57 Å². The lowest BCUT2D eigenvalue weighted by molar-refractivity contribution is -0.185. The summed E-state index contributed by atoms with van der Waals surface area (Å²) in [5, 5.41) is 30.7. The molecule has 1 saturated heterocycles. The number of hydrogen-bond acceptors (Lipinski definition) is 5. The Labute approximate surface area is 162 Å². The van der Waals surface area contributed by atoms with Crippen molar-refractivity contribution in [2.24, 2.45) is 29.1 Å². The van der Waals surface area contributed by atoms with Gasteiger partial charge in [-0.2, -0.15) is 0 Å². The summed E-state index contributed by atoms with van der Waals surface area (Å²) < 4.78 is 12.0. The minimum absolute atomic E-state index is 0.000126. The molecule has 3 fully saturated rings. The fourth-order valence-electron chi connectivity index (χ4n) is 6.57. The van der Waals surface area contributed by atoms with Crippen molar-refractivity contribution in [3.63, 3.8) is 0 Å². The Morgan fingerprint density at radius 1 is 1.07 bits per heavy atom. The van der Waals surface area contributed by atoms with Crippen LogP contribution in [0.3, 0.4) is 0 Å². The summed E-state index contributed by atoms with van der Waals surface area (Å²) in [7, 11) is 0. The third-order valence-electron chi connectivity index (χ3n) is 8.30. The maximum Gasteiger partial charge on any atom is 0.163 e. The lowest BCUT2D eigenvalue weighted by Gasteiger charge is -2.54. The lowest BCUT2D eigenvalue weighted by atomic mass is 9.52. The second kappa shape index (κ2) is 6.81. The van der Waals surface area contributed by atoms with Crippen LogP contribution in [0.25, 0.3) is 0 Å². The Hall–Kier alpha value is -0.460. The van der Waals surface area contributed by atoms with Crippen LogP contribution in [0.2, 0.25) is 0 Å². The van der Waals surface area contributed by atoms with Gasteiger partial charge < -0.3 is 24.8 Å². The van der Waals surface area contributed by atoms with Gasteiger partial charge in [0, 0.05) is 5.41 Å². The van der Waals surface area contributed by atoms with Crippen molar-refractivity contribution in [3.8, 4) is 0 Å². The van der Waals surface area contributed by atoms with E-state index in [9.17, 15) is 15.3 Å². The second-order valence-corrected chi connectivity index (χ2v) is 10.1. The summed E-state index contributed by atoms with van der Waals surface area (Å²) in [6.45, 7) is 6.42. The number of allylic oxidation sites excluding steroid dienone is 2. The Balaban J connectivity index is 1.54. The van der Waals surface area contributed by atoms with Gasteiger partial charge in [-0.05, 0) is 76.0 Å². The standard InChI is InChI=1S/C22H36O5/c1-20(2)26-13-22(12-24,27-20)15-5-6-16-14(10-15)4-8-18-17(16)7-9-19(25)21(18,3)11-23/h4,15-19,23-25H,5-13H2,1-3H3/t15-,16-,17+,18+,19-,21-,22-/m1/s1. The minimum Gasteiger partial charge on any atom is -0.396 e. The minimum atomic E-state index is -0.631. The molecule has 3 N–H and O–H groups in total. The lowest BCUT2D eigenvalue weighted by Crippen LogP contribution is -2.53. The van der Waals surface area contributed by atoms with E-state index in [1.807, 2.05) is 13.8 Å². The average molecular weight is 381 g/mol. The van der Waals surface area contributed by atoms with Gasteiger partial charge in [0.25, 0.3) is 0 Å². The first-order valence-corrected chi connectivity index (χ1v) is 10.7. The number of fused-ring (bicyclic) bond motifs is 3. The van der Waals surface area contributed by atoms with Gasteiger partial charge in [0.1, 0.15) is 5.60 Å². The van der Waals surface area contributed by atoms with Crippen LogP contribution in [0.5, 0.6) is 0 Å². The van der Waals surface area contributed by atoms with Crippen LogP contribution in [-0.4, -0.2) is 52.6 Å². The molecular formula is C22H36O5. The highest BCUT2D eigenvalue weighted by atomic mass is 16.8. The Morgan fingerprint density at radius 2 is 1.85 bits per heavy atom. The van der Waals surface area contributed by atoms with Crippen molar-refractivity contribution in [2.75, 3.05) is 19.8 Å². The number of hydrogen-bond donors (Lipinski definition) is 3. The molecule has 0 bridgehead atoms. The maximum absolute atomic E-state index is 10.5. The second-order valence-electron chi connectivity index (χ2n) is 10.1. The Morgan fingerprint density at radius 3 is 2.48 bits per heavy atom. The average Bonchev–Trinajstić information content (AvgIpc) is 3.00. The number of aliphatic hydroxyl groups is 3. The van der Waals surface area contributed by atoms with E-state index in [0.29, 0.717) is 24.4 Å². The molecule has 5 heteroatoms. The van der Waals surface area contributed by atoms with E-state index in [-0.39, 0.29) is 24.5 Å². The summed E-state index contributed by atoms with van der Waals surface area (Å²) in [5.41, 5.74) is 0.528. The van der Waals surface area contributed by atoms with Crippen LogP contribution < -0.4 is 0 Å². The molecule has 4 rings (SSSR count). The zero-order chi connectivity index (χ0) is 19.4. The number of aliphatic hydroxyl groups excluding tert-OH is 3. The normalized spacial score (nSPS) is 49.3. The highest BCUT2D eigenvalue weighted by Crippen LogP contribution is 2.57. The topological polar surface area (TPSA) is 79.2 Å². The first-order valence-electron chi connectivity index (χ1n) is 10.7. The third-order valence-corrected chi connectivity index (χ3v) is 8.30. The summed E-state index contributed by atoms with van der Waals surface area (Å²) in [5.74, 6) is 1.10. The molecule has 154 valence electrons. The van der Waals surface area contributed by atoms with E-state index in [0.717, 1.165) is 38.5 Å². The number of rotatable bonds is 3. The molecule has 1 aliphatic heterocycles. The van der Waals surface area contributed by atoms with Crippen molar-refractivity contribution in [2.45, 2.75) is 76.8 Å². The molecule has 5 nitrogen and oxygen atoms in total. The summed E-state index contributed by atoms with van der Waals surface area (Å²) in [6, 6.07) is 0. The van der Waals surface area contributed by atoms with Gasteiger partial charge in [-0.1, -0.05) is 18.6 Å². The molecule has 0 aromatic rings. The van der Waals surface area contributed by atoms with Gasteiger partial charge >= 0.3 is 0 Å². The molecule has 0 radical (unpaired) electrons. The van der Waals surface area contributed by atoms with Gasteiger partial charge in [-0.25, -0.2) is 0 Å². The van der Waals surface area contributed by atoms with Crippen molar-refractivity contribution in [1.29, 1.82) is 0 Å². The predicted molar refractivity (Wildman–Crippen MR) is 102 cm³/mol. The van der Waals surface area contributed by atoms with Crippen molar-refractivity contribution in [3.05, 3.63) is 11.6 Å². The van der Waals surface area contributed by atoms with Gasteiger partial charge in [0.15, 0.2) is 5.79 Å². The van der Waals surface area contributed by atoms with E-state index in [2.05, 4.69) is 13.0 Å². The van der Waals surface area contributed by atoms with E-state index >= 15 is 0 Å². The summed E-state index contributed by atoms with van der Waals surface area (Å²) in [6.07, 6.45) is 7.83. The highest BCUT2D eigenvalue weighted by molar-refractivity contribution is 5.21. The van der Waals surface area contributed by atoms with Gasteiger partial charge in [0.05, 0.1) is 25.9 Å². The smallest absolute Gasteiger partial charge is 0.163 e. The molecule has 4 aliphatic rings. The molecule has 0 aromatic carbocycles. The van der Waals surface area contributed by atoms with Crippen LogP contribution in [0.15, 0.2) is 11.6 Å². The van der Waals surface area contributed by atoms with Gasteiger partial charge in [-0.15, -0.1) is 0 Å². The highest BCUT2D eigenvalue weighted by Gasteiger charge is 2.55. The van der Waals surface area contributed by atoms with Crippen LogP contribution in [0, 0.1) is 29.1 Å². The zero-order valence-electron chi connectivity index (χ0n) is 17.0. The van der Waals surface area contributed by atoms with E-state index in [4.69, 9.17) is 9.47 Å². The van der Waals surface area contributed by atoms with E-state index in [1.54, 1.807) is 0 Å². The van der Waals surface area contributed by atoms with Crippen LogP contribution in [-0.2, 0) is 9.47 Å². The first kappa shape index (κ1) is 19.8. The molecule has 2 saturated carbocycles. The molecule has 3 aliphatic carbocycles. The molecule has 0 amide bonds. The van der Waals surface area contributed by atoms with Gasteiger partial charge in [0.2, 0.25) is 0 Å². The largest absolute Gasteiger partial charge is 0.396 e. The van der Waals surface area contributed by atoms with Crippen molar-refractivity contribution in [1.82, 2.24) is 0 Å². The Kier molecular flexibility index (Phi) is 5.00. The molecular weight excluding hydrogens is 344 g/mol. The molecule has 0 unspecified atom stereocenters. The van der Waals surface area contributed by atoms with Crippen molar-refractivity contribution >= 4 is 0 Å². The fourth-order valence-corrected chi connectivity index (χ4v) is 6.57. The SMILES string of the molecule is CC1(C)OC[C@](CO)([C@@H]2CC[C@@H]3C(=CC[C@H]4[C@H]3CC[C@@H](O)[C@]4(C)CO)C2)O1. The van der Waals surface area contributed by atoms with Crippen LogP contribution in [0.4, 0.5) is 0 Å². The zero-order valence-corrected chi connectivity index (χ0v) is 17.0. The number of ether oxygens (including phenoxy) is 2. The third kappa shape index (κ3) is 3.10. The first-order chi connectivity index (χ1) is 12.7. The van der Waals surface area contributed by atoms with Gasteiger partial charge in [-0.3, -0.25) is 0 Å². The Bertz CT molecular complexity index is 602. The van der Waals surface area contributed by atoms with Crippen molar-refractivity contribution < 1.29 is 24.8 Å². The predicted octanol–water partition coefficient (Wildman–Crippen LogP) is 2.63. The molecule has 1 heterocycles. The van der Waals surface area contributed by atoms with E-state index < -0.39 is 17.5 Å². The van der Waals surface area contributed by atoms with Crippen LogP contribution in [0.1, 0.15) is 59.3 Å². The molecule has 0 spiro atoms. The summed E-state index contributed by atoms with van der Waals surface area (Å²) >= 11 is 0. The quantitative estimate of drug-likeness (QED) is 0.656. The maximum atomic E-state index is 10.5. The molecule has 7 atom stereocenters.